The highest BCUT2D eigenvalue weighted by molar-refractivity contribution is 7.89. The quantitative estimate of drug-likeness (QED) is 0.340. The molecule has 3 aromatic rings. The number of nitrogens with one attached hydrogen (secondary N) is 1. The molecule has 0 amide bonds. The maximum atomic E-state index is 14.1. The summed E-state index contributed by atoms with van der Waals surface area (Å²) in [7, 11) is -1.86. The molecule has 2 aromatic heterocycles. The van der Waals surface area contributed by atoms with E-state index in [1.165, 1.54) is 17.1 Å². The molecule has 0 aliphatic carbocycles. The number of hydrogen-bond acceptors (Lipinski definition) is 6. The monoisotopic (exact) mass is 542 g/mol. The molecule has 1 aromatic carbocycles. The molecule has 38 heavy (non-hydrogen) atoms. The minimum Gasteiger partial charge on any atom is -0.308 e. The van der Waals surface area contributed by atoms with Crippen molar-refractivity contribution >= 4 is 21.1 Å². The smallest absolute Gasteiger partial charge is 0.262 e. The summed E-state index contributed by atoms with van der Waals surface area (Å²) >= 11 is 0. The van der Waals surface area contributed by atoms with Gasteiger partial charge in [0.15, 0.2) is 10.9 Å². The van der Waals surface area contributed by atoms with Gasteiger partial charge in [0.1, 0.15) is 11.2 Å². The standard InChI is InChI=1S/C28H42N6O3S/c1-5-7-8-12-16-23(13-6-2)34-27-24(21(3)31-34)28(35)30-26(29-27)25(22-14-10-9-11-15-22)38(36,37)33-19-17-32(4)18-20-33/h9-11,14-15,23,25H,5-8,12-13,16-20H2,1-4H3,(H,29,30,35). The minimum absolute atomic E-state index is 0.111. The van der Waals surface area contributed by atoms with E-state index in [-0.39, 0.29) is 17.4 Å². The maximum absolute atomic E-state index is 14.1. The second-order valence-corrected chi connectivity index (χ2v) is 12.5. The van der Waals surface area contributed by atoms with E-state index < -0.39 is 15.3 Å². The molecule has 10 heteroatoms. The highest BCUT2D eigenvalue weighted by Crippen LogP contribution is 2.32. The number of sulfonamides is 1. The van der Waals surface area contributed by atoms with Crippen molar-refractivity contribution in [3.05, 3.63) is 57.8 Å². The van der Waals surface area contributed by atoms with Gasteiger partial charge in [0.2, 0.25) is 10.0 Å². The maximum Gasteiger partial charge on any atom is 0.262 e. The fourth-order valence-corrected chi connectivity index (χ4v) is 7.29. The van der Waals surface area contributed by atoms with Gasteiger partial charge in [-0.1, -0.05) is 76.3 Å². The first-order valence-electron chi connectivity index (χ1n) is 14.0. The number of rotatable bonds is 12. The zero-order chi connectivity index (χ0) is 27.3. The molecule has 1 N–H and O–H groups in total. The largest absolute Gasteiger partial charge is 0.308 e. The Morgan fingerprint density at radius 3 is 2.34 bits per heavy atom. The van der Waals surface area contributed by atoms with E-state index >= 15 is 0 Å². The number of aromatic amines is 1. The van der Waals surface area contributed by atoms with Crippen molar-refractivity contribution in [1.82, 2.24) is 29.0 Å². The summed E-state index contributed by atoms with van der Waals surface area (Å²) in [5.41, 5.74) is 1.34. The summed E-state index contributed by atoms with van der Waals surface area (Å²) in [6, 6.07) is 9.19. The van der Waals surface area contributed by atoms with Crippen LogP contribution in [-0.4, -0.2) is 70.6 Å². The van der Waals surface area contributed by atoms with Crippen LogP contribution in [0.5, 0.6) is 0 Å². The van der Waals surface area contributed by atoms with Crippen molar-refractivity contribution in [1.29, 1.82) is 0 Å². The Kier molecular flexibility index (Phi) is 9.38. The van der Waals surface area contributed by atoms with Gasteiger partial charge in [-0.2, -0.15) is 9.40 Å². The second-order valence-electron chi connectivity index (χ2n) is 10.5. The molecule has 0 bridgehead atoms. The average Bonchev–Trinajstić information content (AvgIpc) is 3.23. The van der Waals surface area contributed by atoms with E-state index in [1.54, 1.807) is 12.1 Å². The third kappa shape index (κ3) is 6.02. The van der Waals surface area contributed by atoms with E-state index in [9.17, 15) is 13.2 Å². The molecule has 4 rings (SSSR count). The molecule has 2 unspecified atom stereocenters. The summed E-state index contributed by atoms with van der Waals surface area (Å²) in [4.78, 5) is 23.3. The lowest BCUT2D eigenvalue weighted by atomic mass is 10.0. The summed E-state index contributed by atoms with van der Waals surface area (Å²) in [5.74, 6) is 0.148. The number of H-pyrrole nitrogens is 1. The minimum atomic E-state index is -3.85. The summed E-state index contributed by atoms with van der Waals surface area (Å²) in [6.07, 6.45) is 7.48. The lowest BCUT2D eigenvalue weighted by Gasteiger charge is -2.34. The lowest BCUT2D eigenvalue weighted by Crippen LogP contribution is -2.48. The van der Waals surface area contributed by atoms with E-state index in [2.05, 4.69) is 23.7 Å². The Bertz CT molecular complexity index is 1360. The van der Waals surface area contributed by atoms with E-state index in [0.29, 0.717) is 48.5 Å². The number of nitrogens with zero attached hydrogens (tertiary/aromatic N) is 5. The zero-order valence-electron chi connectivity index (χ0n) is 23.2. The first-order chi connectivity index (χ1) is 18.3. The first kappa shape index (κ1) is 28.4. The van der Waals surface area contributed by atoms with Crippen LogP contribution in [0.2, 0.25) is 0 Å². The molecule has 0 spiro atoms. The molecule has 0 radical (unpaired) electrons. The number of aryl methyl sites for hydroxylation is 1. The van der Waals surface area contributed by atoms with Crippen LogP contribution in [0.1, 0.15) is 87.2 Å². The van der Waals surface area contributed by atoms with Gasteiger partial charge in [-0.25, -0.2) is 18.1 Å². The van der Waals surface area contributed by atoms with E-state index in [1.807, 2.05) is 36.9 Å². The SMILES string of the molecule is CCCCCCC(CCC)n1nc(C)c2c(=O)[nH]c(C(c3ccccc3)S(=O)(=O)N3CCN(C)CC3)nc21. The number of fused-ring (bicyclic) bond motifs is 1. The average molecular weight is 543 g/mol. The van der Waals surface area contributed by atoms with Crippen molar-refractivity contribution in [2.45, 2.75) is 77.0 Å². The van der Waals surface area contributed by atoms with Gasteiger partial charge in [0.25, 0.3) is 5.56 Å². The molecule has 2 atom stereocenters. The lowest BCUT2D eigenvalue weighted by molar-refractivity contribution is 0.221. The van der Waals surface area contributed by atoms with Gasteiger partial charge in [-0.05, 0) is 32.4 Å². The van der Waals surface area contributed by atoms with E-state index in [4.69, 9.17) is 10.1 Å². The van der Waals surface area contributed by atoms with Gasteiger partial charge in [-0.3, -0.25) is 4.79 Å². The number of benzene rings is 1. The first-order valence-corrected chi connectivity index (χ1v) is 15.5. The van der Waals surface area contributed by atoms with Crippen LogP contribution in [-0.2, 0) is 10.0 Å². The third-order valence-electron chi connectivity index (χ3n) is 7.58. The third-order valence-corrected chi connectivity index (χ3v) is 9.76. The topological polar surface area (TPSA) is 104 Å². The Morgan fingerprint density at radius 1 is 0.974 bits per heavy atom. The Labute approximate surface area is 226 Å². The summed E-state index contributed by atoms with van der Waals surface area (Å²) in [6.45, 7) is 8.30. The molecular weight excluding hydrogens is 500 g/mol. The molecule has 1 saturated heterocycles. The van der Waals surface area contributed by atoms with Crippen molar-refractivity contribution < 1.29 is 8.42 Å². The predicted octanol–water partition coefficient (Wildman–Crippen LogP) is 4.41. The molecule has 1 aliphatic rings. The van der Waals surface area contributed by atoms with Gasteiger partial charge < -0.3 is 9.88 Å². The molecule has 1 aliphatic heterocycles. The van der Waals surface area contributed by atoms with E-state index in [0.717, 1.165) is 32.1 Å². The summed E-state index contributed by atoms with van der Waals surface area (Å²) in [5, 5.41) is 4.10. The molecule has 1 fully saturated rings. The fraction of sp³-hybridized carbons (Fsp3) is 0.607. The number of piperazine rings is 1. The van der Waals surface area contributed by atoms with Crippen molar-refractivity contribution in [2.75, 3.05) is 33.2 Å². The molecule has 208 valence electrons. The zero-order valence-corrected chi connectivity index (χ0v) is 24.0. The van der Waals surface area contributed by atoms with Gasteiger partial charge in [0.05, 0.1) is 11.7 Å². The molecule has 9 nitrogen and oxygen atoms in total. The Morgan fingerprint density at radius 2 is 1.68 bits per heavy atom. The highest BCUT2D eigenvalue weighted by atomic mass is 32.2. The van der Waals surface area contributed by atoms with Crippen molar-refractivity contribution in [3.8, 4) is 0 Å². The van der Waals surface area contributed by atoms with Crippen LogP contribution >= 0.6 is 0 Å². The van der Waals surface area contributed by atoms with Crippen molar-refractivity contribution in [2.24, 2.45) is 0 Å². The normalized spacial score (nSPS) is 17.2. The van der Waals surface area contributed by atoms with Crippen LogP contribution < -0.4 is 5.56 Å². The van der Waals surface area contributed by atoms with Crippen LogP contribution in [0, 0.1) is 6.92 Å². The number of hydrogen-bond donors (Lipinski definition) is 1. The van der Waals surface area contributed by atoms with Crippen LogP contribution in [0.25, 0.3) is 11.0 Å². The number of unbranched alkanes of at least 4 members (excludes halogenated alkanes) is 3. The van der Waals surface area contributed by atoms with Gasteiger partial charge in [0, 0.05) is 26.2 Å². The highest BCUT2D eigenvalue weighted by Gasteiger charge is 2.38. The predicted molar refractivity (Wildman–Crippen MR) is 152 cm³/mol. The van der Waals surface area contributed by atoms with Crippen LogP contribution in [0.4, 0.5) is 0 Å². The number of likely N-dealkylation sites (N-methyl/N-ethyl adjacent to an activating group) is 1. The second kappa shape index (κ2) is 12.5. The molecule has 3 heterocycles. The Balaban J connectivity index is 1.83. The van der Waals surface area contributed by atoms with Gasteiger partial charge >= 0.3 is 0 Å². The van der Waals surface area contributed by atoms with Gasteiger partial charge in [-0.15, -0.1) is 0 Å². The number of aromatic nitrogens is 4. The Hall–Kier alpha value is -2.56. The molecular formula is C28H42N6O3S. The fourth-order valence-electron chi connectivity index (χ4n) is 5.43. The van der Waals surface area contributed by atoms with Crippen LogP contribution in [0.3, 0.4) is 0 Å². The van der Waals surface area contributed by atoms with Crippen molar-refractivity contribution in [3.63, 3.8) is 0 Å². The molecule has 0 saturated carbocycles. The van der Waals surface area contributed by atoms with Crippen LogP contribution in [0.15, 0.2) is 35.1 Å². The summed E-state index contributed by atoms with van der Waals surface area (Å²) < 4.78 is 31.6.